The van der Waals surface area contributed by atoms with Gasteiger partial charge in [0, 0.05) is 42.5 Å². The molecule has 4 nitrogen and oxygen atoms in total. The molecular formula is C14H10Cl4O4S2. The molecule has 0 bridgehead atoms. The Kier molecular flexibility index (Phi) is 5.50. The van der Waals surface area contributed by atoms with Gasteiger partial charge in [-0.2, -0.15) is 0 Å². The van der Waals surface area contributed by atoms with Gasteiger partial charge >= 0.3 is 0 Å². The van der Waals surface area contributed by atoms with Crippen LogP contribution in [0, 0.1) is 13.8 Å². The van der Waals surface area contributed by atoms with Gasteiger partial charge in [0.1, 0.15) is 0 Å². The van der Waals surface area contributed by atoms with Gasteiger partial charge in [0.05, 0.1) is 9.79 Å². The number of rotatable bonds is 3. The first-order valence-corrected chi connectivity index (χ1v) is 11.7. The van der Waals surface area contributed by atoms with Gasteiger partial charge in [0.2, 0.25) is 0 Å². The molecule has 0 heterocycles. The number of hydrogen-bond donors (Lipinski definition) is 0. The summed E-state index contributed by atoms with van der Waals surface area (Å²) in [4.78, 5) is -0.556. The van der Waals surface area contributed by atoms with Crippen molar-refractivity contribution in [1.29, 1.82) is 0 Å². The van der Waals surface area contributed by atoms with E-state index in [1.165, 1.54) is 38.1 Å². The molecule has 0 radical (unpaired) electrons. The minimum Gasteiger partial charge on any atom is -0.207 e. The highest BCUT2D eigenvalue weighted by Gasteiger charge is 2.27. The van der Waals surface area contributed by atoms with Gasteiger partial charge < -0.3 is 0 Å². The van der Waals surface area contributed by atoms with E-state index in [9.17, 15) is 16.8 Å². The number of halogens is 4. The topological polar surface area (TPSA) is 68.3 Å². The predicted octanol–water partition coefficient (Wildman–Crippen LogP) is 5.13. The molecule has 0 aliphatic rings. The first-order chi connectivity index (χ1) is 10.9. The van der Waals surface area contributed by atoms with Crippen molar-refractivity contribution < 1.29 is 16.8 Å². The zero-order valence-electron chi connectivity index (χ0n) is 12.3. The lowest BCUT2D eigenvalue weighted by atomic mass is 10.0. The molecular weight excluding hydrogens is 438 g/mol. The quantitative estimate of drug-likeness (QED) is 0.611. The summed E-state index contributed by atoms with van der Waals surface area (Å²) in [5.74, 6) is 0. The highest BCUT2D eigenvalue weighted by molar-refractivity contribution is 8.14. The summed E-state index contributed by atoms with van der Waals surface area (Å²) in [7, 11) is 2.66. The maximum absolute atomic E-state index is 12.0. The molecule has 0 aromatic heterocycles. The van der Waals surface area contributed by atoms with Crippen LogP contribution in [0.5, 0.6) is 0 Å². The molecule has 10 heteroatoms. The van der Waals surface area contributed by atoms with Crippen molar-refractivity contribution in [3.8, 4) is 11.1 Å². The van der Waals surface area contributed by atoms with E-state index < -0.39 is 18.1 Å². The number of hydrogen-bond acceptors (Lipinski definition) is 4. The maximum Gasteiger partial charge on any atom is 0.262 e. The standard InChI is InChI=1S/C14H10Cl4O4S2/c1-7-11(15)5-3-9(13(7)23(17,19)20)10-4-6-12(16)8(2)14(10)24(18,21)22/h3-6H,1-2H3. The van der Waals surface area contributed by atoms with Crippen molar-refractivity contribution in [2.75, 3.05) is 0 Å². The average Bonchev–Trinajstić information content (AvgIpc) is 2.41. The first-order valence-electron chi connectivity index (χ1n) is 6.33. The van der Waals surface area contributed by atoms with Crippen molar-refractivity contribution >= 4 is 62.7 Å². The molecule has 0 saturated heterocycles. The minimum atomic E-state index is -4.20. The van der Waals surface area contributed by atoms with Crippen molar-refractivity contribution in [1.82, 2.24) is 0 Å². The zero-order valence-corrected chi connectivity index (χ0v) is 16.9. The second kappa shape index (κ2) is 6.67. The van der Waals surface area contributed by atoms with Crippen LogP contribution in [0.2, 0.25) is 10.0 Å². The molecule has 2 aromatic carbocycles. The van der Waals surface area contributed by atoms with Crippen LogP contribution >= 0.6 is 44.6 Å². The molecule has 130 valence electrons. The normalized spacial score (nSPS) is 12.4. The third-order valence-electron chi connectivity index (χ3n) is 3.46. The fourth-order valence-corrected chi connectivity index (χ4v) is 5.84. The Bertz CT molecular complexity index is 959. The Morgan fingerprint density at radius 2 is 0.958 bits per heavy atom. The Labute approximate surface area is 159 Å². The lowest BCUT2D eigenvalue weighted by Crippen LogP contribution is -2.04. The highest BCUT2D eigenvalue weighted by Crippen LogP contribution is 2.41. The summed E-state index contributed by atoms with van der Waals surface area (Å²) >= 11 is 12.0. The second-order valence-corrected chi connectivity index (χ2v) is 10.8. The molecule has 2 aromatic rings. The molecule has 2 rings (SSSR count). The van der Waals surface area contributed by atoms with E-state index in [-0.39, 0.29) is 42.1 Å². The van der Waals surface area contributed by atoms with Crippen molar-refractivity contribution in [3.05, 3.63) is 45.4 Å². The van der Waals surface area contributed by atoms with Crippen molar-refractivity contribution in [3.63, 3.8) is 0 Å². The summed E-state index contributed by atoms with van der Waals surface area (Å²) in [6.07, 6.45) is 0. The predicted molar refractivity (Wildman–Crippen MR) is 97.4 cm³/mol. The molecule has 0 spiro atoms. The lowest BCUT2D eigenvalue weighted by Gasteiger charge is -2.16. The summed E-state index contributed by atoms with van der Waals surface area (Å²) in [5.41, 5.74) is 0.557. The van der Waals surface area contributed by atoms with Gasteiger partial charge in [-0.1, -0.05) is 35.3 Å². The van der Waals surface area contributed by atoms with Crippen LogP contribution in [0.1, 0.15) is 11.1 Å². The van der Waals surface area contributed by atoms with Crippen molar-refractivity contribution in [2.45, 2.75) is 23.6 Å². The largest absolute Gasteiger partial charge is 0.262 e. The van der Waals surface area contributed by atoms with Gasteiger partial charge in [0.25, 0.3) is 18.1 Å². The van der Waals surface area contributed by atoms with Crippen LogP contribution < -0.4 is 0 Å². The second-order valence-electron chi connectivity index (χ2n) is 4.97. The fraction of sp³-hybridized carbons (Fsp3) is 0.143. The molecule has 0 N–H and O–H groups in total. The summed E-state index contributed by atoms with van der Waals surface area (Å²) in [6.45, 7) is 2.94. The average molecular weight is 448 g/mol. The first kappa shape index (κ1) is 19.8. The SMILES string of the molecule is Cc1c(Cl)ccc(-c2ccc(Cl)c(C)c2S(=O)(=O)Cl)c1S(=O)(=O)Cl. The summed E-state index contributed by atoms with van der Waals surface area (Å²) in [6, 6.07) is 5.65. The monoisotopic (exact) mass is 446 g/mol. The van der Waals surface area contributed by atoms with E-state index in [0.717, 1.165) is 0 Å². The molecule has 0 fully saturated rings. The van der Waals surface area contributed by atoms with Gasteiger partial charge in [-0.05, 0) is 37.1 Å². The zero-order chi connectivity index (χ0) is 18.4. The van der Waals surface area contributed by atoms with E-state index >= 15 is 0 Å². The summed E-state index contributed by atoms with van der Waals surface area (Å²) in [5, 5.41) is 0.359. The van der Waals surface area contributed by atoms with Crippen LogP contribution in [0.3, 0.4) is 0 Å². The van der Waals surface area contributed by atoms with Gasteiger partial charge in [-0.15, -0.1) is 0 Å². The molecule has 0 amide bonds. The molecule has 0 aliphatic carbocycles. The van der Waals surface area contributed by atoms with Crippen molar-refractivity contribution in [2.24, 2.45) is 0 Å². The van der Waals surface area contributed by atoms with E-state index in [1.54, 1.807) is 0 Å². The van der Waals surface area contributed by atoms with Gasteiger partial charge in [-0.25, -0.2) is 16.8 Å². The third-order valence-corrected chi connectivity index (χ3v) is 7.23. The minimum absolute atomic E-state index is 0.0749. The van der Waals surface area contributed by atoms with E-state index in [0.29, 0.717) is 0 Å². The van der Waals surface area contributed by atoms with E-state index in [4.69, 9.17) is 44.6 Å². The maximum atomic E-state index is 12.0. The van der Waals surface area contributed by atoms with Crippen LogP contribution in [0.4, 0.5) is 0 Å². The molecule has 0 saturated carbocycles. The van der Waals surface area contributed by atoms with E-state index in [1.807, 2.05) is 0 Å². The van der Waals surface area contributed by atoms with Crippen LogP contribution in [0.15, 0.2) is 34.1 Å². The lowest BCUT2D eigenvalue weighted by molar-refractivity contribution is 0.606. The van der Waals surface area contributed by atoms with Crippen LogP contribution in [0.25, 0.3) is 11.1 Å². The molecule has 0 aliphatic heterocycles. The van der Waals surface area contributed by atoms with Gasteiger partial charge in [0.15, 0.2) is 0 Å². The third kappa shape index (κ3) is 3.69. The molecule has 24 heavy (non-hydrogen) atoms. The molecule has 0 unspecified atom stereocenters. The summed E-state index contributed by atoms with van der Waals surface area (Å²) < 4.78 is 48.0. The number of benzene rings is 2. The highest BCUT2D eigenvalue weighted by atomic mass is 35.7. The van der Waals surface area contributed by atoms with E-state index in [2.05, 4.69) is 0 Å². The fourth-order valence-electron chi connectivity index (χ4n) is 2.39. The van der Waals surface area contributed by atoms with Crippen LogP contribution in [-0.4, -0.2) is 16.8 Å². The Hall–Kier alpha value is -0.500. The Balaban J connectivity index is 3.06. The van der Waals surface area contributed by atoms with Gasteiger partial charge in [-0.3, -0.25) is 0 Å². The Morgan fingerprint density at radius 3 is 1.21 bits per heavy atom. The Morgan fingerprint density at radius 1 is 0.667 bits per heavy atom. The smallest absolute Gasteiger partial charge is 0.207 e. The molecule has 0 atom stereocenters. The van der Waals surface area contributed by atoms with Crippen LogP contribution in [-0.2, 0) is 18.1 Å².